The summed E-state index contributed by atoms with van der Waals surface area (Å²) in [6.07, 6.45) is -8.23. The monoisotopic (exact) mass is 294 g/mol. The molecule has 0 amide bonds. The quantitative estimate of drug-likeness (QED) is 0.806. The van der Waals surface area contributed by atoms with Crippen molar-refractivity contribution in [3.8, 4) is 5.75 Å². The minimum Gasteiger partial charge on any atom is -0.464 e. The standard InChI is InChI=1S/C12H13F3O5/c1-2-19-11(18)10(17)9(16)7-3-5-8(6-4-7)20-12(13,14)15/h3-6,9-10,16-17H,2H2,1H3. The van der Waals surface area contributed by atoms with Crippen LogP contribution in [-0.4, -0.2) is 35.3 Å². The van der Waals surface area contributed by atoms with E-state index >= 15 is 0 Å². The number of benzene rings is 1. The lowest BCUT2D eigenvalue weighted by Gasteiger charge is -2.17. The maximum atomic E-state index is 11.9. The number of rotatable bonds is 5. The Hall–Kier alpha value is -1.80. The normalized spacial score (nSPS) is 14.5. The first-order valence-electron chi connectivity index (χ1n) is 5.63. The van der Waals surface area contributed by atoms with Crippen molar-refractivity contribution in [1.29, 1.82) is 0 Å². The molecule has 0 aliphatic carbocycles. The Bertz CT molecular complexity index is 443. The van der Waals surface area contributed by atoms with Gasteiger partial charge in [-0.15, -0.1) is 13.2 Å². The summed E-state index contributed by atoms with van der Waals surface area (Å²) in [5.74, 6) is -1.49. The van der Waals surface area contributed by atoms with E-state index in [1.165, 1.54) is 6.92 Å². The van der Waals surface area contributed by atoms with Gasteiger partial charge in [0.25, 0.3) is 0 Å². The third kappa shape index (κ3) is 4.71. The van der Waals surface area contributed by atoms with Crippen molar-refractivity contribution in [2.75, 3.05) is 6.61 Å². The first kappa shape index (κ1) is 16.3. The fraction of sp³-hybridized carbons (Fsp3) is 0.417. The van der Waals surface area contributed by atoms with Crippen molar-refractivity contribution < 1.29 is 37.7 Å². The number of hydrogen-bond acceptors (Lipinski definition) is 5. The van der Waals surface area contributed by atoms with Gasteiger partial charge in [0.2, 0.25) is 0 Å². The summed E-state index contributed by atoms with van der Waals surface area (Å²) in [4.78, 5) is 11.2. The minimum atomic E-state index is -4.81. The predicted octanol–water partition coefficient (Wildman–Crippen LogP) is 1.54. The van der Waals surface area contributed by atoms with Gasteiger partial charge in [-0.2, -0.15) is 0 Å². The molecule has 0 saturated heterocycles. The molecule has 112 valence electrons. The van der Waals surface area contributed by atoms with Crippen molar-refractivity contribution >= 4 is 5.97 Å². The molecule has 0 bridgehead atoms. The van der Waals surface area contributed by atoms with Crippen LogP contribution in [0.4, 0.5) is 13.2 Å². The van der Waals surface area contributed by atoms with Crippen LogP contribution in [0.15, 0.2) is 24.3 Å². The highest BCUT2D eigenvalue weighted by Crippen LogP contribution is 2.25. The Morgan fingerprint density at radius 1 is 1.25 bits per heavy atom. The fourth-order valence-corrected chi connectivity index (χ4v) is 1.41. The third-order valence-corrected chi connectivity index (χ3v) is 2.28. The number of carbonyl (C=O) groups is 1. The third-order valence-electron chi connectivity index (χ3n) is 2.28. The van der Waals surface area contributed by atoms with Crippen LogP contribution < -0.4 is 4.74 Å². The second kappa shape index (κ2) is 6.58. The van der Waals surface area contributed by atoms with E-state index in [-0.39, 0.29) is 12.2 Å². The van der Waals surface area contributed by atoms with Gasteiger partial charge in [0.1, 0.15) is 11.9 Å². The van der Waals surface area contributed by atoms with E-state index in [1.54, 1.807) is 0 Å². The lowest BCUT2D eigenvalue weighted by atomic mass is 10.0. The van der Waals surface area contributed by atoms with Crippen LogP contribution in [-0.2, 0) is 9.53 Å². The van der Waals surface area contributed by atoms with Gasteiger partial charge in [0, 0.05) is 0 Å². The summed E-state index contributed by atoms with van der Waals surface area (Å²) in [7, 11) is 0. The van der Waals surface area contributed by atoms with Gasteiger partial charge in [0.05, 0.1) is 6.61 Å². The van der Waals surface area contributed by atoms with E-state index in [1.807, 2.05) is 0 Å². The molecule has 20 heavy (non-hydrogen) atoms. The lowest BCUT2D eigenvalue weighted by molar-refractivity contribution is -0.274. The molecule has 0 heterocycles. The van der Waals surface area contributed by atoms with Gasteiger partial charge in [-0.1, -0.05) is 12.1 Å². The highest BCUT2D eigenvalue weighted by molar-refractivity contribution is 5.75. The van der Waals surface area contributed by atoms with Crippen LogP contribution in [0.3, 0.4) is 0 Å². The molecule has 2 N–H and O–H groups in total. The fourth-order valence-electron chi connectivity index (χ4n) is 1.41. The second-order valence-electron chi connectivity index (χ2n) is 3.76. The smallest absolute Gasteiger partial charge is 0.464 e. The number of alkyl halides is 3. The van der Waals surface area contributed by atoms with Gasteiger partial charge in [-0.3, -0.25) is 0 Å². The van der Waals surface area contributed by atoms with Crippen LogP contribution in [0.1, 0.15) is 18.6 Å². The van der Waals surface area contributed by atoms with E-state index in [0.717, 1.165) is 24.3 Å². The number of ether oxygens (including phenoxy) is 2. The zero-order chi connectivity index (χ0) is 15.3. The molecule has 1 aromatic rings. The molecule has 0 aromatic heterocycles. The molecule has 0 saturated carbocycles. The molecule has 1 aromatic carbocycles. The van der Waals surface area contributed by atoms with Gasteiger partial charge >= 0.3 is 12.3 Å². The Labute approximate surface area is 112 Å². The Morgan fingerprint density at radius 3 is 2.25 bits per heavy atom. The van der Waals surface area contributed by atoms with E-state index in [2.05, 4.69) is 9.47 Å². The van der Waals surface area contributed by atoms with Crippen molar-refractivity contribution in [2.45, 2.75) is 25.5 Å². The number of hydrogen-bond donors (Lipinski definition) is 2. The molecule has 0 aliphatic rings. The van der Waals surface area contributed by atoms with Gasteiger partial charge in [-0.05, 0) is 24.6 Å². The number of aliphatic hydroxyl groups excluding tert-OH is 2. The number of carbonyl (C=O) groups excluding carboxylic acids is 1. The maximum Gasteiger partial charge on any atom is 0.573 e. The molecule has 0 spiro atoms. The van der Waals surface area contributed by atoms with Gasteiger partial charge in [-0.25, -0.2) is 4.79 Å². The van der Waals surface area contributed by atoms with Crippen LogP contribution in [0.5, 0.6) is 5.75 Å². The van der Waals surface area contributed by atoms with Gasteiger partial charge < -0.3 is 19.7 Å². The summed E-state index contributed by atoms with van der Waals surface area (Å²) in [5, 5.41) is 19.2. The first-order valence-corrected chi connectivity index (χ1v) is 5.63. The summed E-state index contributed by atoms with van der Waals surface area (Å²) in [5.41, 5.74) is 0.0556. The molecule has 2 unspecified atom stereocenters. The molecular weight excluding hydrogens is 281 g/mol. The van der Waals surface area contributed by atoms with Crippen molar-refractivity contribution in [3.63, 3.8) is 0 Å². The largest absolute Gasteiger partial charge is 0.573 e. The van der Waals surface area contributed by atoms with E-state index in [0.29, 0.717) is 0 Å². The molecule has 0 fully saturated rings. The minimum absolute atomic E-state index is 0.0287. The number of halogens is 3. The van der Waals surface area contributed by atoms with E-state index < -0.39 is 30.3 Å². The maximum absolute atomic E-state index is 11.9. The molecule has 0 radical (unpaired) electrons. The molecular formula is C12H13F3O5. The average Bonchev–Trinajstić information content (AvgIpc) is 2.36. The Balaban J connectivity index is 2.75. The SMILES string of the molecule is CCOC(=O)C(O)C(O)c1ccc(OC(F)(F)F)cc1. The number of esters is 1. The molecule has 8 heteroatoms. The predicted molar refractivity (Wildman–Crippen MR) is 60.7 cm³/mol. The van der Waals surface area contributed by atoms with E-state index in [9.17, 15) is 28.2 Å². The first-order chi connectivity index (χ1) is 9.24. The molecule has 0 aliphatic heterocycles. The van der Waals surface area contributed by atoms with Crippen LogP contribution in [0.2, 0.25) is 0 Å². The second-order valence-corrected chi connectivity index (χ2v) is 3.76. The number of aliphatic hydroxyl groups is 2. The van der Waals surface area contributed by atoms with Crippen LogP contribution in [0.25, 0.3) is 0 Å². The van der Waals surface area contributed by atoms with Crippen LogP contribution in [0, 0.1) is 0 Å². The zero-order valence-electron chi connectivity index (χ0n) is 10.4. The summed E-state index contributed by atoms with van der Waals surface area (Å²) in [6, 6.07) is 4.14. The highest BCUT2D eigenvalue weighted by atomic mass is 19.4. The van der Waals surface area contributed by atoms with Crippen LogP contribution >= 0.6 is 0 Å². The molecule has 5 nitrogen and oxygen atoms in total. The van der Waals surface area contributed by atoms with Crippen molar-refractivity contribution in [1.82, 2.24) is 0 Å². The summed E-state index contributed by atoms with van der Waals surface area (Å²) < 4.78 is 44.0. The van der Waals surface area contributed by atoms with Crippen molar-refractivity contribution in [2.24, 2.45) is 0 Å². The highest BCUT2D eigenvalue weighted by Gasteiger charge is 2.31. The van der Waals surface area contributed by atoms with Crippen molar-refractivity contribution in [3.05, 3.63) is 29.8 Å². The zero-order valence-corrected chi connectivity index (χ0v) is 10.4. The summed E-state index contributed by atoms with van der Waals surface area (Å²) in [6.45, 7) is 1.56. The lowest BCUT2D eigenvalue weighted by Crippen LogP contribution is -2.29. The van der Waals surface area contributed by atoms with Gasteiger partial charge in [0.15, 0.2) is 6.10 Å². The molecule has 1 rings (SSSR count). The summed E-state index contributed by atoms with van der Waals surface area (Å²) >= 11 is 0. The Morgan fingerprint density at radius 2 is 1.80 bits per heavy atom. The average molecular weight is 294 g/mol. The topological polar surface area (TPSA) is 76.0 Å². The van der Waals surface area contributed by atoms with E-state index in [4.69, 9.17) is 0 Å². The Kier molecular flexibility index (Phi) is 5.34. The molecule has 2 atom stereocenters.